The highest BCUT2D eigenvalue weighted by molar-refractivity contribution is 5.93. The summed E-state index contributed by atoms with van der Waals surface area (Å²) in [7, 11) is 0. The molecule has 206 valence electrons. The number of nitrogens with one attached hydrogen (secondary N) is 1. The minimum absolute atomic E-state index is 0.0892. The molecule has 0 amide bonds. The average molecular weight is 539 g/mol. The number of aromatic nitrogens is 3. The van der Waals surface area contributed by atoms with E-state index in [2.05, 4.69) is 15.1 Å². The van der Waals surface area contributed by atoms with Gasteiger partial charge in [0, 0.05) is 48.9 Å². The van der Waals surface area contributed by atoms with Crippen molar-refractivity contribution >= 4 is 27.5 Å². The van der Waals surface area contributed by atoms with Crippen LogP contribution in [-0.4, -0.2) is 75.0 Å². The fourth-order valence-corrected chi connectivity index (χ4v) is 7.67. The van der Waals surface area contributed by atoms with Crippen LogP contribution in [0.4, 0.5) is 5.82 Å². The smallest absolute Gasteiger partial charge is 0.319 e. The second-order valence-corrected chi connectivity index (χ2v) is 12.0. The Morgan fingerprint density at radius 1 is 1.00 bits per heavy atom. The molecule has 0 radical (unpaired) electrons. The number of rotatable bonds is 5. The summed E-state index contributed by atoms with van der Waals surface area (Å²) in [5.74, 6) is 0.886. The Kier molecular flexibility index (Phi) is 5.54. The maximum Gasteiger partial charge on any atom is 0.319 e. The van der Waals surface area contributed by atoms with E-state index in [-0.39, 0.29) is 16.8 Å². The van der Waals surface area contributed by atoms with Gasteiger partial charge in [0.2, 0.25) is 0 Å². The number of hydrogen-bond acceptors (Lipinski definition) is 8. The number of phenolic OH excluding ortho intramolecular Hbond substituents is 1. The average Bonchev–Trinajstić information content (AvgIpc) is 3.64. The Bertz CT molecular complexity index is 1660. The molecule has 2 N–H and O–H groups in total. The summed E-state index contributed by atoms with van der Waals surface area (Å²) in [6.45, 7) is 4.56. The molecule has 2 bridgehead atoms. The first-order chi connectivity index (χ1) is 19.5. The molecule has 0 aliphatic carbocycles. The van der Waals surface area contributed by atoms with Crippen molar-refractivity contribution in [3.8, 4) is 17.4 Å². The molecule has 2 aromatic heterocycles. The third kappa shape index (κ3) is 3.94. The van der Waals surface area contributed by atoms with E-state index in [4.69, 9.17) is 14.7 Å². The molecule has 4 aliphatic rings. The number of aromatic hydroxyl groups is 1. The number of nitrogens with zero attached hydrogens (tertiary/aromatic N) is 5. The maximum absolute atomic E-state index is 13.6. The van der Waals surface area contributed by atoms with Gasteiger partial charge >= 0.3 is 6.01 Å². The van der Waals surface area contributed by atoms with Gasteiger partial charge in [0.15, 0.2) is 0 Å². The number of pyridine rings is 1. The second-order valence-electron chi connectivity index (χ2n) is 12.0. The molecule has 2 unspecified atom stereocenters. The van der Waals surface area contributed by atoms with Gasteiger partial charge in [-0.25, -0.2) is 0 Å². The summed E-state index contributed by atoms with van der Waals surface area (Å²) >= 11 is 0. The Labute approximate surface area is 232 Å². The van der Waals surface area contributed by atoms with Crippen LogP contribution < -0.4 is 20.5 Å². The highest BCUT2D eigenvalue weighted by Gasteiger charge is 2.45. The molecule has 2 aromatic carbocycles. The molecule has 8 rings (SSSR count). The van der Waals surface area contributed by atoms with E-state index in [0.29, 0.717) is 35.9 Å². The second kappa shape index (κ2) is 9.17. The van der Waals surface area contributed by atoms with Crippen molar-refractivity contribution in [3.05, 3.63) is 59.0 Å². The number of piperazine rings is 1. The molecular weight excluding hydrogens is 504 g/mol. The van der Waals surface area contributed by atoms with Crippen LogP contribution in [0.1, 0.15) is 38.5 Å². The minimum atomic E-state index is -0.189. The van der Waals surface area contributed by atoms with Gasteiger partial charge in [-0.1, -0.05) is 24.3 Å². The van der Waals surface area contributed by atoms with E-state index in [1.807, 2.05) is 24.3 Å². The van der Waals surface area contributed by atoms with Crippen LogP contribution in [0.3, 0.4) is 0 Å². The zero-order valence-corrected chi connectivity index (χ0v) is 22.6. The monoisotopic (exact) mass is 538 g/mol. The minimum Gasteiger partial charge on any atom is -0.508 e. The van der Waals surface area contributed by atoms with E-state index >= 15 is 0 Å². The number of benzene rings is 2. The van der Waals surface area contributed by atoms with Crippen molar-refractivity contribution in [1.82, 2.24) is 24.8 Å². The van der Waals surface area contributed by atoms with Crippen molar-refractivity contribution in [2.24, 2.45) is 0 Å². The molecule has 2 atom stereocenters. The normalized spacial score (nSPS) is 23.8. The van der Waals surface area contributed by atoms with Gasteiger partial charge in [-0.3, -0.25) is 14.3 Å². The molecule has 0 saturated carbocycles. The van der Waals surface area contributed by atoms with E-state index in [0.717, 1.165) is 73.8 Å². The summed E-state index contributed by atoms with van der Waals surface area (Å²) < 4.78 is 8.02. The highest BCUT2D eigenvalue weighted by Crippen LogP contribution is 2.39. The van der Waals surface area contributed by atoms with Gasteiger partial charge in [-0.05, 0) is 63.1 Å². The largest absolute Gasteiger partial charge is 0.508 e. The number of anilines is 1. The van der Waals surface area contributed by atoms with Crippen molar-refractivity contribution in [2.75, 3.05) is 37.7 Å². The van der Waals surface area contributed by atoms with E-state index in [1.54, 1.807) is 29.0 Å². The van der Waals surface area contributed by atoms with Gasteiger partial charge in [0.25, 0.3) is 5.56 Å². The number of hydrogen-bond donors (Lipinski definition) is 2. The first-order valence-corrected chi connectivity index (χ1v) is 14.6. The van der Waals surface area contributed by atoms with Gasteiger partial charge in [-0.2, -0.15) is 9.97 Å². The molecule has 4 aliphatic heterocycles. The highest BCUT2D eigenvalue weighted by atomic mass is 16.5. The summed E-state index contributed by atoms with van der Waals surface area (Å²) in [5, 5.41) is 16.6. The van der Waals surface area contributed by atoms with Crippen LogP contribution in [0.5, 0.6) is 11.8 Å². The lowest BCUT2D eigenvalue weighted by Crippen LogP contribution is -2.51. The Hall–Kier alpha value is -3.69. The van der Waals surface area contributed by atoms with Crippen LogP contribution in [0.2, 0.25) is 0 Å². The first kappa shape index (κ1) is 24.1. The standard InChI is InChI=1S/C31H34N6O3/c38-23-13-20-5-1-2-6-24(20)27(14-23)37-18-26-25(15-28(37)39)29(35-16-21-7-8-22(17-35)32-21)34-30(33-26)40-19-31-9-3-11-36(31)12-4-10-31/h1-2,5-6,13-15,18,21-22,32,38H,3-4,7-12,16-17,19H2. The van der Waals surface area contributed by atoms with Gasteiger partial charge in [0.1, 0.15) is 18.2 Å². The molecule has 0 spiro atoms. The molecule has 9 heteroatoms. The van der Waals surface area contributed by atoms with Gasteiger partial charge in [0.05, 0.1) is 22.1 Å². The van der Waals surface area contributed by atoms with Crippen LogP contribution in [0, 0.1) is 0 Å². The Morgan fingerprint density at radius 3 is 2.58 bits per heavy atom. The molecule has 4 fully saturated rings. The van der Waals surface area contributed by atoms with E-state index in [1.165, 1.54) is 12.8 Å². The predicted octanol–water partition coefficient (Wildman–Crippen LogP) is 3.59. The lowest BCUT2D eigenvalue weighted by Gasteiger charge is -2.34. The molecule has 9 nitrogen and oxygen atoms in total. The number of phenols is 1. The van der Waals surface area contributed by atoms with Crippen molar-refractivity contribution in [3.63, 3.8) is 0 Å². The topological polar surface area (TPSA) is 95.8 Å². The third-order valence-corrected chi connectivity index (χ3v) is 9.57. The van der Waals surface area contributed by atoms with E-state index < -0.39 is 0 Å². The quantitative estimate of drug-likeness (QED) is 0.398. The molecule has 40 heavy (non-hydrogen) atoms. The van der Waals surface area contributed by atoms with Crippen molar-refractivity contribution in [2.45, 2.75) is 56.1 Å². The summed E-state index contributed by atoms with van der Waals surface area (Å²) in [6.07, 6.45) is 8.81. The molecule has 4 saturated heterocycles. The van der Waals surface area contributed by atoms with E-state index in [9.17, 15) is 9.90 Å². The lowest BCUT2D eigenvalue weighted by molar-refractivity contribution is 0.108. The van der Waals surface area contributed by atoms with Gasteiger partial charge in [-0.15, -0.1) is 0 Å². The summed E-state index contributed by atoms with van der Waals surface area (Å²) in [6, 6.07) is 14.0. The fourth-order valence-electron chi connectivity index (χ4n) is 7.67. The number of ether oxygens (including phenoxy) is 1. The number of fused-ring (bicyclic) bond motifs is 5. The molecular formula is C31H34N6O3. The molecule has 6 heterocycles. The zero-order valence-electron chi connectivity index (χ0n) is 22.6. The summed E-state index contributed by atoms with van der Waals surface area (Å²) in [5.41, 5.74) is 1.18. The molecule has 4 aromatic rings. The van der Waals surface area contributed by atoms with Crippen LogP contribution >= 0.6 is 0 Å². The van der Waals surface area contributed by atoms with Crippen LogP contribution in [0.15, 0.2) is 53.5 Å². The predicted molar refractivity (Wildman–Crippen MR) is 155 cm³/mol. The van der Waals surface area contributed by atoms with Crippen LogP contribution in [-0.2, 0) is 0 Å². The zero-order chi connectivity index (χ0) is 26.8. The van der Waals surface area contributed by atoms with Crippen LogP contribution in [0.25, 0.3) is 27.4 Å². The first-order valence-electron chi connectivity index (χ1n) is 14.6. The fraction of sp³-hybridized carbons (Fsp3) is 0.452. The Balaban J connectivity index is 1.25. The van der Waals surface area contributed by atoms with Crippen molar-refractivity contribution < 1.29 is 9.84 Å². The maximum atomic E-state index is 13.6. The van der Waals surface area contributed by atoms with Crippen molar-refractivity contribution in [1.29, 1.82) is 0 Å². The lowest BCUT2D eigenvalue weighted by atomic mass is 9.95. The van der Waals surface area contributed by atoms with Gasteiger partial charge < -0.3 is 20.1 Å². The third-order valence-electron chi connectivity index (χ3n) is 9.57. The SMILES string of the molecule is O=c1cc2c(N3CC4CCC(C3)N4)nc(OCC34CCCN3CCC4)nc2cn1-c1cc(O)cc2ccccc12. The summed E-state index contributed by atoms with van der Waals surface area (Å²) in [4.78, 5) is 28.3. The Morgan fingerprint density at radius 2 is 1.77 bits per heavy atom.